The van der Waals surface area contributed by atoms with Gasteiger partial charge in [0.25, 0.3) is 0 Å². The van der Waals surface area contributed by atoms with Gasteiger partial charge in [-0.3, -0.25) is 9.38 Å². The monoisotopic (exact) mass is 511 g/mol. The van der Waals surface area contributed by atoms with Crippen LogP contribution in [0.3, 0.4) is 0 Å². The van der Waals surface area contributed by atoms with Crippen molar-refractivity contribution in [1.82, 2.24) is 4.90 Å². The first kappa shape index (κ1) is 26.3. The minimum Gasteiger partial charge on any atom is -0.386 e. The SMILES string of the molecule is OC1/C=C/C=CC/C=C\CCC[N+]23CC4CC5(CCCCCCCCCCN6CCC4C2(C1O)C65)C3O. The summed E-state index contributed by atoms with van der Waals surface area (Å²) in [5.41, 5.74) is -0.649. The van der Waals surface area contributed by atoms with Crippen LogP contribution in [0, 0.1) is 17.3 Å². The van der Waals surface area contributed by atoms with Crippen LogP contribution in [0.1, 0.15) is 89.9 Å². The molecular weight excluding hydrogens is 460 g/mol. The van der Waals surface area contributed by atoms with Crippen LogP contribution in [-0.2, 0) is 0 Å². The molecule has 3 N–H and O–H groups in total. The van der Waals surface area contributed by atoms with Gasteiger partial charge in [-0.1, -0.05) is 81.4 Å². The molecule has 7 rings (SSSR count). The smallest absolute Gasteiger partial charge is 0.198 e. The van der Waals surface area contributed by atoms with Crippen molar-refractivity contribution in [1.29, 1.82) is 0 Å². The van der Waals surface area contributed by atoms with Crippen LogP contribution in [-0.4, -0.2) is 80.9 Å². The standard InChI is InChI=1S/C32H51N2O3/c35-27-17-13-9-5-1-4-8-12-16-22-34-24-25-23-31(30(34)37)19-14-10-6-2-3-7-11-15-20-33-21-18-26(25)32(34,28(27)36)29(31)33/h4-5,8-9,13,17,25-30,35-37H,1-3,6-7,10-12,14-16,18-24H2/q+1/b8-4-,9-5?,17-13+. The quantitative estimate of drug-likeness (QED) is 0.326. The Morgan fingerprint density at radius 3 is 2.43 bits per heavy atom. The van der Waals surface area contributed by atoms with Crippen LogP contribution < -0.4 is 0 Å². The van der Waals surface area contributed by atoms with Gasteiger partial charge in [-0.2, -0.15) is 0 Å². The molecule has 1 saturated carbocycles. The Morgan fingerprint density at radius 1 is 0.811 bits per heavy atom. The van der Waals surface area contributed by atoms with Crippen molar-refractivity contribution < 1.29 is 19.8 Å². The molecule has 206 valence electrons. The topological polar surface area (TPSA) is 63.9 Å². The lowest BCUT2D eigenvalue weighted by molar-refractivity contribution is -1.00. The number of hydrogen-bond acceptors (Lipinski definition) is 4. The second-order valence-electron chi connectivity index (χ2n) is 13.4. The van der Waals surface area contributed by atoms with Gasteiger partial charge in [0.1, 0.15) is 12.2 Å². The molecule has 5 saturated heterocycles. The lowest BCUT2D eigenvalue weighted by Gasteiger charge is -2.58. The van der Waals surface area contributed by atoms with Crippen LogP contribution >= 0.6 is 0 Å². The summed E-state index contributed by atoms with van der Waals surface area (Å²) >= 11 is 0. The summed E-state index contributed by atoms with van der Waals surface area (Å²) in [6.07, 6.45) is 26.6. The second kappa shape index (κ2) is 10.5. The zero-order valence-corrected chi connectivity index (χ0v) is 22.9. The van der Waals surface area contributed by atoms with Crippen molar-refractivity contribution in [3.63, 3.8) is 0 Å². The maximum atomic E-state index is 12.6. The van der Waals surface area contributed by atoms with Crippen molar-refractivity contribution >= 4 is 0 Å². The summed E-state index contributed by atoms with van der Waals surface area (Å²) in [6.45, 7) is 4.05. The molecule has 7 aliphatic rings. The van der Waals surface area contributed by atoms with E-state index in [-0.39, 0.29) is 11.5 Å². The van der Waals surface area contributed by atoms with Gasteiger partial charge in [0.15, 0.2) is 11.8 Å². The van der Waals surface area contributed by atoms with Gasteiger partial charge < -0.3 is 15.3 Å². The molecule has 9 atom stereocenters. The molecule has 6 bridgehead atoms. The van der Waals surface area contributed by atoms with E-state index in [2.05, 4.69) is 23.1 Å². The maximum Gasteiger partial charge on any atom is 0.198 e. The fourth-order valence-corrected chi connectivity index (χ4v) is 10.7. The average Bonchev–Trinajstić information content (AvgIpc) is 3.19. The summed E-state index contributed by atoms with van der Waals surface area (Å²) in [5, 5.41) is 36.5. The van der Waals surface area contributed by atoms with Crippen LogP contribution in [0.25, 0.3) is 0 Å². The zero-order chi connectivity index (χ0) is 25.5. The number of aliphatic hydroxyl groups is 3. The Bertz CT molecular complexity index is 902. The molecule has 6 fully saturated rings. The van der Waals surface area contributed by atoms with Gasteiger partial charge >= 0.3 is 0 Å². The van der Waals surface area contributed by atoms with E-state index >= 15 is 0 Å². The third-order valence-corrected chi connectivity index (χ3v) is 11.8. The number of allylic oxidation sites excluding steroid dienone is 5. The molecule has 0 aromatic carbocycles. The highest BCUT2D eigenvalue weighted by Crippen LogP contribution is 2.73. The highest BCUT2D eigenvalue weighted by Gasteiger charge is 2.89. The Balaban J connectivity index is 1.48. The highest BCUT2D eigenvalue weighted by molar-refractivity contribution is 5.28. The minimum atomic E-state index is -0.910. The van der Waals surface area contributed by atoms with E-state index in [0.717, 1.165) is 64.7 Å². The Morgan fingerprint density at radius 2 is 1.59 bits per heavy atom. The van der Waals surface area contributed by atoms with Crippen LogP contribution in [0.2, 0.25) is 0 Å². The molecule has 3 spiro atoms. The summed E-state index contributed by atoms with van der Waals surface area (Å²) in [4.78, 5) is 2.72. The van der Waals surface area contributed by atoms with Crippen molar-refractivity contribution in [2.75, 3.05) is 26.2 Å². The third kappa shape index (κ3) is 3.89. The molecule has 1 aliphatic carbocycles. The van der Waals surface area contributed by atoms with Crippen molar-refractivity contribution in [2.45, 2.75) is 120 Å². The van der Waals surface area contributed by atoms with E-state index in [4.69, 9.17) is 0 Å². The second-order valence-corrected chi connectivity index (χ2v) is 13.4. The average molecular weight is 512 g/mol. The molecule has 37 heavy (non-hydrogen) atoms. The summed E-state index contributed by atoms with van der Waals surface area (Å²) < 4.78 is 0.638. The van der Waals surface area contributed by atoms with Crippen LogP contribution in [0.5, 0.6) is 0 Å². The fraction of sp³-hybridized carbons (Fsp3) is 0.812. The van der Waals surface area contributed by atoms with Gasteiger partial charge in [-0.15, -0.1) is 0 Å². The molecule has 0 aromatic rings. The van der Waals surface area contributed by atoms with Gasteiger partial charge in [0.05, 0.1) is 24.5 Å². The number of hydrogen-bond donors (Lipinski definition) is 3. The molecule has 0 radical (unpaired) electrons. The number of nitrogens with zero attached hydrogens (tertiary/aromatic N) is 2. The van der Waals surface area contributed by atoms with Crippen molar-refractivity contribution in [3.8, 4) is 0 Å². The summed E-state index contributed by atoms with van der Waals surface area (Å²) in [6, 6.07) is 0.158. The Kier molecular flexibility index (Phi) is 7.48. The Hall–Kier alpha value is -0.980. The molecule has 5 heteroatoms. The van der Waals surface area contributed by atoms with Crippen LogP contribution in [0.4, 0.5) is 0 Å². The van der Waals surface area contributed by atoms with E-state index in [1.54, 1.807) is 0 Å². The maximum absolute atomic E-state index is 12.6. The lowest BCUT2D eigenvalue weighted by Crippen LogP contribution is -2.77. The fourth-order valence-electron chi connectivity index (χ4n) is 10.7. The van der Waals surface area contributed by atoms with E-state index in [0.29, 0.717) is 16.3 Å². The predicted octanol–water partition coefficient (Wildman–Crippen LogP) is 4.68. The van der Waals surface area contributed by atoms with E-state index in [1.165, 1.54) is 51.4 Å². The molecule has 6 aliphatic heterocycles. The summed E-state index contributed by atoms with van der Waals surface area (Å²) in [7, 11) is 0. The lowest BCUT2D eigenvalue weighted by atomic mass is 9.52. The number of rotatable bonds is 0. The van der Waals surface area contributed by atoms with Crippen LogP contribution in [0.15, 0.2) is 36.5 Å². The van der Waals surface area contributed by atoms with E-state index in [9.17, 15) is 15.3 Å². The summed E-state index contributed by atoms with van der Waals surface area (Å²) in [5.74, 6) is 0.932. The normalized spacial score (nSPS) is 50.8. The highest BCUT2D eigenvalue weighted by atomic mass is 16.3. The first-order valence-electron chi connectivity index (χ1n) is 15.7. The van der Waals surface area contributed by atoms with E-state index < -0.39 is 24.0 Å². The van der Waals surface area contributed by atoms with Crippen molar-refractivity contribution in [3.05, 3.63) is 36.5 Å². The van der Waals surface area contributed by atoms with E-state index in [1.807, 2.05) is 18.2 Å². The van der Waals surface area contributed by atoms with Gasteiger partial charge in [-0.05, 0) is 51.6 Å². The minimum absolute atomic E-state index is 0.158. The molecule has 9 unspecified atom stereocenters. The first-order chi connectivity index (χ1) is 18.1. The zero-order valence-electron chi connectivity index (χ0n) is 22.9. The predicted molar refractivity (Wildman–Crippen MR) is 148 cm³/mol. The van der Waals surface area contributed by atoms with Crippen molar-refractivity contribution in [2.24, 2.45) is 17.3 Å². The third-order valence-electron chi connectivity index (χ3n) is 11.8. The number of aliphatic hydroxyl groups excluding tert-OH is 3. The number of piperidine rings is 2. The number of quaternary nitrogens is 1. The Labute approximate surface area is 224 Å². The van der Waals surface area contributed by atoms with Gasteiger partial charge in [0, 0.05) is 18.3 Å². The first-order valence-corrected chi connectivity index (χ1v) is 15.7. The largest absolute Gasteiger partial charge is 0.386 e. The molecule has 0 amide bonds. The molecular formula is C32H51N2O3+. The molecule has 5 nitrogen and oxygen atoms in total. The molecule has 0 aromatic heterocycles. The van der Waals surface area contributed by atoms with Gasteiger partial charge in [0.2, 0.25) is 0 Å². The van der Waals surface area contributed by atoms with Gasteiger partial charge in [-0.25, -0.2) is 0 Å². The molecule has 6 heterocycles.